The molecule has 0 amide bonds. The normalized spacial score (nSPS) is 10.6. The maximum Gasteiger partial charge on any atom is 0.204 e. The summed E-state index contributed by atoms with van der Waals surface area (Å²) >= 11 is 0. The number of pyridine rings is 1. The van der Waals surface area contributed by atoms with Gasteiger partial charge in [-0.2, -0.15) is 4.57 Å². The monoisotopic (exact) mass is 325 g/mol. The number of carbonyl (C=O) groups is 1. The molecule has 7 heteroatoms. The van der Waals surface area contributed by atoms with E-state index in [2.05, 4.69) is 24.3 Å². The molecule has 0 spiro atoms. The molecule has 0 fully saturated rings. The molecule has 0 bridgehead atoms. The summed E-state index contributed by atoms with van der Waals surface area (Å²) in [4.78, 5) is 10.6. The number of benzene rings is 1. The van der Waals surface area contributed by atoms with Crippen molar-refractivity contribution < 1.29 is 38.2 Å². The quantitative estimate of drug-likeness (QED) is 0.465. The molecule has 118 valence electrons. The van der Waals surface area contributed by atoms with Gasteiger partial charge in [0.25, 0.3) is 0 Å². The fourth-order valence-electron chi connectivity index (χ4n) is 2.09. The molecule has 1 aromatic carbocycles. The van der Waals surface area contributed by atoms with Crippen molar-refractivity contribution in [2.24, 2.45) is 0 Å². The summed E-state index contributed by atoms with van der Waals surface area (Å²) in [6.45, 7) is 4.48. The zero-order valence-electron chi connectivity index (χ0n) is 12.2. The molecule has 0 N–H and O–H groups in total. The van der Waals surface area contributed by atoms with Gasteiger partial charge in [0, 0.05) is 26.0 Å². The summed E-state index contributed by atoms with van der Waals surface area (Å²) in [6.07, 6.45) is 0.933. The van der Waals surface area contributed by atoms with Crippen LogP contribution in [-0.2, 0) is 11.3 Å². The van der Waals surface area contributed by atoms with Crippen LogP contribution < -0.4 is 23.2 Å². The molecule has 6 nitrogen and oxygen atoms in total. The molecule has 0 radical (unpaired) electrons. The first-order valence-corrected chi connectivity index (χ1v) is 7.57. The van der Waals surface area contributed by atoms with Gasteiger partial charge in [-0.25, -0.2) is 18.6 Å². The predicted molar refractivity (Wildman–Crippen MR) is 67.6 cm³/mol. The fourth-order valence-corrected chi connectivity index (χ4v) is 2.09. The number of hydrogen-bond donors (Lipinski definition) is 0. The summed E-state index contributed by atoms with van der Waals surface area (Å²) < 4.78 is 36.0. The van der Waals surface area contributed by atoms with Gasteiger partial charge in [0.05, 0.1) is 0 Å². The Morgan fingerprint density at radius 3 is 1.82 bits per heavy atom. The molecule has 2 aromatic rings. The Kier molecular flexibility index (Phi) is 6.61. The van der Waals surface area contributed by atoms with Gasteiger partial charge in [0.2, 0.25) is 6.54 Å². The molecule has 2 rings (SSSR count). The van der Waals surface area contributed by atoms with E-state index in [-0.39, 0.29) is 0 Å². The van der Waals surface area contributed by atoms with Gasteiger partial charge in [-0.1, -0.05) is 30.3 Å². The maximum atomic E-state index is 10.6. The Labute approximate surface area is 130 Å². The molecule has 0 aliphatic carbocycles. The summed E-state index contributed by atoms with van der Waals surface area (Å²) in [5, 5.41) is 0. The van der Waals surface area contributed by atoms with Crippen LogP contribution in [0.4, 0.5) is 0 Å². The molecular weight excluding hydrogens is 310 g/mol. The van der Waals surface area contributed by atoms with Crippen molar-refractivity contribution in [3.63, 3.8) is 0 Å². The Bertz CT molecular complexity index is 597. The van der Waals surface area contributed by atoms with Crippen LogP contribution in [0.3, 0.4) is 0 Å². The third kappa shape index (κ3) is 6.30. The van der Waals surface area contributed by atoms with Crippen molar-refractivity contribution in [3.05, 3.63) is 53.9 Å². The van der Waals surface area contributed by atoms with E-state index in [9.17, 15) is 4.79 Å². The van der Waals surface area contributed by atoms with Crippen molar-refractivity contribution in [2.75, 3.05) is 0 Å². The number of nitrogens with zero attached hydrogens (tertiary/aromatic N) is 1. The smallest absolute Gasteiger partial charge is 0.204 e. The van der Waals surface area contributed by atoms with Crippen LogP contribution in [0.2, 0.25) is 0 Å². The highest BCUT2D eigenvalue weighted by molar-refractivity contribution is 5.63. The lowest BCUT2D eigenvalue weighted by Crippen LogP contribution is -2.68. The topological polar surface area (TPSA) is 113 Å². The number of halogens is 1. The van der Waals surface area contributed by atoms with Gasteiger partial charge in [0.15, 0.2) is 17.7 Å². The lowest BCUT2D eigenvalue weighted by atomic mass is 10.0. The van der Waals surface area contributed by atoms with E-state index in [0.717, 1.165) is 17.7 Å². The molecule has 1 aromatic heterocycles. The Morgan fingerprint density at radius 2 is 1.41 bits per heavy atom. The predicted octanol–water partition coefficient (Wildman–Crippen LogP) is -2.30. The van der Waals surface area contributed by atoms with Crippen molar-refractivity contribution in [1.29, 1.82) is 0 Å². The molecule has 22 heavy (non-hydrogen) atoms. The van der Waals surface area contributed by atoms with E-state index in [0.29, 0.717) is 6.54 Å². The van der Waals surface area contributed by atoms with E-state index in [1.807, 2.05) is 36.6 Å². The average molecular weight is 326 g/mol. The summed E-state index contributed by atoms with van der Waals surface area (Å²) in [5.74, 6) is 0. The maximum absolute atomic E-state index is 10.6. The number of aromatic nitrogens is 1. The van der Waals surface area contributed by atoms with Crippen LogP contribution >= 0.6 is 0 Å². The second kappa shape index (κ2) is 7.98. The Balaban J connectivity index is 0.000000422. The highest BCUT2D eigenvalue weighted by Crippen LogP contribution is 2.19. The van der Waals surface area contributed by atoms with Crippen molar-refractivity contribution in [1.82, 2.24) is 0 Å². The van der Waals surface area contributed by atoms with Crippen LogP contribution in [0.5, 0.6) is 0 Å². The standard InChI is InChI=1S/C15H16NO.ClHO4/c1-12-10-15(14-6-4-3-5-7-14)11-13(2)16(12)8-9-17;2-1(3,4)5/h3-7,9-11H,8H2,1-2H3;(H,2,3,4,5)/q+1;/p-1. The lowest BCUT2D eigenvalue weighted by Gasteiger charge is -2.17. The first-order chi connectivity index (χ1) is 10.2. The zero-order chi connectivity index (χ0) is 16.8. The summed E-state index contributed by atoms with van der Waals surface area (Å²) in [5.41, 5.74) is 4.62. The van der Waals surface area contributed by atoms with Crippen molar-refractivity contribution in [3.8, 4) is 11.1 Å². The molecule has 1 heterocycles. The van der Waals surface area contributed by atoms with E-state index >= 15 is 0 Å². The van der Waals surface area contributed by atoms with Gasteiger partial charge in [-0.05, 0) is 11.1 Å². The average Bonchev–Trinajstić information content (AvgIpc) is 2.42. The summed E-state index contributed by atoms with van der Waals surface area (Å²) in [6, 6.07) is 14.5. The number of rotatable bonds is 3. The third-order valence-corrected chi connectivity index (χ3v) is 2.94. The van der Waals surface area contributed by atoms with Crippen molar-refractivity contribution in [2.45, 2.75) is 20.4 Å². The Morgan fingerprint density at radius 1 is 0.955 bits per heavy atom. The lowest BCUT2D eigenvalue weighted by molar-refractivity contribution is -2.00. The van der Waals surface area contributed by atoms with E-state index in [1.165, 1.54) is 11.1 Å². The molecule has 0 saturated carbocycles. The number of carbonyl (C=O) groups excluding carboxylic acids is 1. The second-order valence-electron chi connectivity index (χ2n) is 4.55. The molecule has 0 saturated heterocycles. The van der Waals surface area contributed by atoms with Crippen LogP contribution in [0, 0.1) is 24.1 Å². The van der Waals surface area contributed by atoms with Crippen LogP contribution in [0.15, 0.2) is 42.5 Å². The first-order valence-electron chi connectivity index (χ1n) is 6.34. The SMILES string of the molecule is Cc1cc(-c2ccccc2)cc(C)[n+]1CC=O.[O-][Cl+3]([O-])([O-])[O-]. The van der Waals surface area contributed by atoms with Gasteiger partial charge in [-0.3, -0.25) is 4.79 Å². The minimum absolute atomic E-state index is 0.423. The number of aldehydes is 1. The largest absolute Gasteiger partial charge is 0.296 e. The van der Waals surface area contributed by atoms with Gasteiger partial charge < -0.3 is 0 Å². The highest BCUT2D eigenvalue weighted by atomic mass is 35.7. The number of hydrogen-bond acceptors (Lipinski definition) is 5. The third-order valence-electron chi connectivity index (χ3n) is 2.94. The van der Waals surface area contributed by atoms with Crippen LogP contribution in [-0.4, -0.2) is 6.29 Å². The minimum Gasteiger partial charge on any atom is -0.296 e. The molecule has 0 atom stereocenters. The van der Waals surface area contributed by atoms with Crippen molar-refractivity contribution >= 4 is 6.29 Å². The highest BCUT2D eigenvalue weighted by Gasteiger charge is 2.12. The molecular formula is C15H16ClNO5. The Hall–Kier alpha value is -1.83. The van der Waals surface area contributed by atoms with Crippen LogP contribution in [0.25, 0.3) is 11.1 Å². The molecule has 0 unspecified atom stereocenters. The minimum atomic E-state index is -4.94. The summed E-state index contributed by atoms with van der Waals surface area (Å²) in [7, 11) is -4.94. The second-order valence-corrected chi connectivity index (χ2v) is 5.30. The van der Waals surface area contributed by atoms with Crippen LogP contribution in [0.1, 0.15) is 11.4 Å². The van der Waals surface area contributed by atoms with Gasteiger partial charge in [0.1, 0.15) is 0 Å². The number of aryl methyl sites for hydroxylation is 2. The molecule has 0 aliphatic heterocycles. The van der Waals surface area contributed by atoms with Gasteiger partial charge in [-0.15, -0.1) is 10.2 Å². The van der Waals surface area contributed by atoms with E-state index < -0.39 is 10.2 Å². The first kappa shape index (κ1) is 18.2. The van der Waals surface area contributed by atoms with E-state index in [1.54, 1.807) is 0 Å². The van der Waals surface area contributed by atoms with Gasteiger partial charge >= 0.3 is 0 Å². The fraction of sp³-hybridized carbons (Fsp3) is 0.200. The van der Waals surface area contributed by atoms with E-state index in [4.69, 9.17) is 18.6 Å². The molecule has 0 aliphatic rings. The zero-order valence-corrected chi connectivity index (χ0v) is 12.9.